The highest BCUT2D eigenvalue weighted by molar-refractivity contribution is 5.96. The van der Waals surface area contributed by atoms with Crippen LogP contribution in [0.15, 0.2) is 54.6 Å². The molecule has 0 radical (unpaired) electrons. The summed E-state index contributed by atoms with van der Waals surface area (Å²) in [5.74, 6) is 0.0620. The van der Waals surface area contributed by atoms with Gasteiger partial charge < -0.3 is 10.2 Å². The molecule has 1 aliphatic rings. The Bertz CT molecular complexity index is 689. The summed E-state index contributed by atoms with van der Waals surface area (Å²) in [5, 5.41) is 2.88. The smallest absolute Gasteiger partial charge is 0.253 e. The van der Waals surface area contributed by atoms with Crippen LogP contribution in [0.5, 0.6) is 0 Å². The van der Waals surface area contributed by atoms with E-state index in [9.17, 15) is 9.59 Å². The first kappa shape index (κ1) is 16.2. The zero-order valence-corrected chi connectivity index (χ0v) is 13.7. The van der Waals surface area contributed by atoms with Gasteiger partial charge in [0, 0.05) is 30.8 Å². The normalized spacial score (nSPS) is 13.8. The predicted octanol–water partition coefficient (Wildman–Crippen LogP) is 3.49. The SMILES string of the molecule is O=C(CCc1ccccc1)Nc1ccc(C(=O)N2CCCC2)cc1. The van der Waals surface area contributed by atoms with Crippen LogP contribution in [0, 0.1) is 0 Å². The average molecular weight is 322 g/mol. The monoisotopic (exact) mass is 322 g/mol. The lowest BCUT2D eigenvalue weighted by Crippen LogP contribution is -2.27. The van der Waals surface area contributed by atoms with Crippen LogP contribution >= 0.6 is 0 Å². The van der Waals surface area contributed by atoms with E-state index in [4.69, 9.17) is 0 Å². The maximum atomic E-state index is 12.3. The molecule has 1 aliphatic heterocycles. The first-order valence-corrected chi connectivity index (χ1v) is 8.45. The number of carbonyl (C=O) groups is 2. The zero-order chi connectivity index (χ0) is 16.8. The van der Waals surface area contributed by atoms with Crippen molar-refractivity contribution in [1.82, 2.24) is 4.90 Å². The molecule has 0 spiro atoms. The minimum absolute atomic E-state index is 0.0162. The van der Waals surface area contributed by atoms with E-state index < -0.39 is 0 Å². The molecule has 2 amide bonds. The van der Waals surface area contributed by atoms with Crippen molar-refractivity contribution in [3.63, 3.8) is 0 Å². The highest BCUT2D eigenvalue weighted by atomic mass is 16.2. The van der Waals surface area contributed by atoms with Crippen LogP contribution < -0.4 is 5.32 Å². The van der Waals surface area contributed by atoms with Gasteiger partial charge in [0.25, 0.3) is 5.91 Å². The summed E-state index contributed by atoms with van der Waals surface area (Å²) in [4.78, 5) is 26.2. The van der Waals surface area contributed by atoms with Crippen molar-refractivity contribution < 1.29 is 9.59 Å². The Morgan fingerprint density at radius 3 is 2.25 bits per heavy atom. The third-order valence-electron chi connectivity index (χ3n) is 4.29. The van der Waals surface area contributed by atoms with Crippen LogP contribution in [0.3, 0.4) is 0 Å². The third kappa shape index (κ3) is 4.22. The van der Waals surface area contributed by atoms with Crippen molar-refractivity contribution >= 4 is 17.5 Å². The molecule has 0 atom stereocenters. The third-order valence-corrected chi connectivity index (χ3v) is 4.29. The molecule has 0 aromatic heterocycles. The van der Waals surface area contributed by atoms with Gasteiger partial charge in [0.1, 0.15) is 0 Å². The molecule has 124 valence electrons. The molecular formula is C20H22N2O2. The van der Waals surface area contributed by atoms with E-state index >= 15 is 0 Å². The highest BCUT2D eigenvalue weighted by Crippen LogP contribution is 2.15. The van der Waals surface area contributed by atoms with E-state index in [0.717, 1.165) is 43.6 Å². The molecule has 4 heteroatoms. The molecule has 0 bridgehead atoms. The van der Waals surface area contributed by atoms with Gasteiger partial charge in [-0.3, -0.25) is 9.59 Å². The Hall–Kier alpha value is -2.62. The number of rotatable bonds is 5. The average Bonchev–Trinajstić information content (AvgIpc) is 3.16. The van der Waals surface area contributed by atoms with Crippen molar-refractivity contribution in [3.05, 3.63) is 65.7 Å². The Morgan fingerprint density at radius 1 is 0.917 bits per heavy atom. The van der Waals surface area contributed by atoms with E-state index in [2.05, 4.69) is 5.32 Å². The molecule has 1 fully saturated rings. The van der Waals surface area contributed by atoms with Crippen LogP contribution in [-0.2, 0) is 11.2 Å². The van der Waals surface area contributed by atoms with Crippen LogP contribution in [-0.4, -0.2) is 29.8 Å². The van der Waals surface area contributed by atoms with Gasteiger partial charge in [-0.1, -0.05) is 30.3 Å². The Labute approximate surface area is 142 Å². The molecule has 0 aliphatic carbocycles. The summed E-state index contributed by atoms with van der Waals surface area (Å²) in [6, 6.07) is 17.1. The fourth-order valence-electron chi connectivity index (χ4n) is 2.92. The molecule has 4 nitrogen and oxygen atoms in total. The zero-order valence-electron chi connectivity index (χ0n) is 13.7. The van der Waals surface area contributed by atoms with Crippen LogP contribution in [0.1, 0.15) is 35.2 Å². The standard InChI is InChI=1S/C20H22N2O2/c23-19(13-8-16-6-2-1-3-7-16)21-18-11-9-17(10-12-18)20(24)22-14-4-5-15-22/h1-3,6-7,9-12H,4-5,8,13-15H2,(H,21,23). The summed E-state index contributed by atoms with van der Waals surface area (Å²) < 4.78 is 0. The predicted molar refractivity (Wildman–Crippen MR) is 95.0 cm³/mol. The van der Waals surface area contributed by atoms with E-state index in [0.29, 0.717) is 12.0 Å². The number of nitrogens with one attached hydrogen (secondary N) is 1. The number of hydrogen-bond donors (Lipinski definition) is 1. The number of hydrogen-bond acceptors (Lipinski definition) is 2. The van der Waals surface area contributed by atoms with Gasteiger partial charge >= 0.3 is 0 Å². The fraction of sp³-hybridized carbons (Fsp3) is 0.300. The molecule has 0 unspecified atom stereocenters. The number of anilines is 1. The van der Waals surface area contributed by atoms with Crippen LogP contribution in [0.25, 0.3) is 0 Å². The topological polar surface area (TPSA) is 49.4 Å². The maximum absolute atomic E-state index is 12.3. The molecule has 1 N–H and O–H groups in total. The van der Waals surface area contributed by atoms with Gasteiger partial charge in [-0.2, -0.15) is 0 Å². The number of carbonyl (C=O) groups excluding carboxylic acids is 2. The minimum atomic E-state index is -0.0162. The van der Waals surface area contributed by atoms with Crippen molar-refractivity contribution in [2.45, 2.75) is 25.7 Å². The van der Waals surface area contributed by atoms with E-state index in [1.54, 1.807) is 24.3 Å². The fourth-order valence-corrected chi connectivity index (χ4v) is 2.92. The quantitative estimate of drug-likeness (QED) is 0.916. The largest absolute Gasteiger partial charge is 0.339 e. The second-order valence-corrected chi connectivity index (χ2v) is 6.11. The van der Waals surface area contributed by atoms with E-state index in [1.165, 1.54) is 0 Å². The van der Waals surface area contributed by atoms with Crippen molar-refractivity contribution in [3.8, 4) is 0 Å². The van der Waals surface area contributed by atoms with Crippen molar-refractivity contribution in [2.24, 2.45) is 0 Å². The first-order valence-electron chi connectivity index (χ1n) is 8.45. The number of likely N-dealkylation sites (tertiary alicyclic amines) is 1. The number of benzene rings is 2. The molecule has 2 aromatic carbocycles. The number of amides is 2. The highest BCUT2D eigenvalue weighted by Gasteiger charge is 2.19. The lowest BCUT2D eigenvalue weighted by Gasteiger charge is -2.15. The summed E-state index contributed by atoms with van der Waals surface area (Å²) in [5.41, 5.74) is 2.56. The van der Waals surface area contributed by atoms with Crippen molar-refractivity contribution in [2.75, 3.05) is 18.4 Å². The summed E-state index contributed by atoms with van der Waals surface area (Å²) in [7, 11) is 0. The second-order valence-electron chi connectivity index (χ2n) is 6.11. The summed E-state index contributed by atoms with van der Waals surface area (Å²) in [6.07, 6.45) is 3.33. The Balaban J connectivity index is 1.52. The number of nitrogens with zero attached hydrogens (tertiary/aromatic N) is 1. The van der Waals surface area contributed by atoms with Crippen LogP contribution in [0.2, 0.25) is 0 Å². The van der Waals surface area contributed by atoms with Gasteiger partial charge in [0.05, 0.1) is 0 Å². The molecule has 1 saturated heterocycles. The molecule has 0 saturated carbocycles. The molecule has 1 heterocycles. The van der Waals surface area contributed by atoms with Crippen LogP contribution in [0.4, 0.5) is 5.69 Å². The van der Waals surface area contributed by atoms with Crippen molar-refractivity contribution in [1.29, 1.82) is 0 Å². The van der Waals surface area contributed by atoms with E-state index in [1.807, 2.05) is 35.2 Å². The van der Waals surface area contributed by atoms with Gasteiger partial charge in [-0.15, -0.1) is 0 Å². The Morgan fingerprint density at radius 2 is 1.58 bits per heavy atom. The Kier molecular flexibility index (Phi) is 5.26. The minimum Gasteiger partial charge on any atom is -0.339 e. The molecule has 24 heavy (non-hydrogen) atoms. The van der Waals surface area contributed by atoms with Gasteiger partial charge in [0.15, 0.2) is 0 Å². The lowest BCUT2D eigenvalue weighted by molar-refractivity contribution is -0.116. The van der Waals surface area contributed by atoms with E-state index in [-0.39, 0.29) is 11.8 Å². The number of aryl methyl sites for hydroxylation is 1. The molecule has 2 aromatic rings. The van der Waals surface area contributed by atoms with Gasteiger partial charge in [-0.05, 0) is 49.1 Å². The molecule has 3 rings (SSSR count). The lowest BCUT2D eigenvalue weighted by atomic mass is 10.1. The summed E-state index contributed by atoms with van der Waals surface area (Å²) in [6.45, 7) is 1.69. The second kappa shape index (κ2) is 7.77. The van der Waals surface area contributed by atoms with Gasteiger partial charge in [-0.25, -0.2) is 0 Å². The molecular weight excluding hydrogens is 300 g/mol. The summed E-state index contributed by atoms with van der Waals surface area (Å²) >= 11 is 0. The maximum Gasteiger partial charge on any atom is 0.253 e. The van der Waals surface area contributed by atoms with Gasteiger partial charge in [0.2, 0.25) is 5.91 Å². The first-order chi connectivity index (χ1) is 11.7.